The first-order chi connectivity index (χ1) is 7.11. The predicted octanol–water partition coefficient (Wildman–Crippen LogP) is 3.69. The summed E-state index contributed by atoms with van der Waals surface area (Å²) in [5.41, 5.74) is 0.521. The van der Waals surface area contributed by atoms with Crippen molar-refractivity contribution >= 4 is 29.1 Å². The number of benzene rings is 1. The van der Waals surface area contributed by atoms with Crippen molar-refractivity contribution in [1.82, 2.24) is 0 Å². The first kappa shape index (κ1) is 12.5. The number of ketones is 1. The molecule has 1 nitrogen and oxygen atoms in total. The van der Waals surface area contributed by atoms with Gasteiger partial charge in [0.05, 0.1) is 0 Å². The van der Waals surface area contributed by atoms with Gasteiger partial charge < -0.3 is 0 Å². The molecule has 1 rings (SSSR count). The second-order valence-corrected chi connectivity index (χ2v) is 4.72. The van der Waals surface area contributed by atoms with E-state index >= 15 is 0 Å². The number of Topliss-reactive ketones (excluding diaryl/α,β-unsaturated/α-hetero) is 1. The number of halogens is 2. The molecule has 1 aromatic rings. The second kappa shape index (κ2) is 6.13. The molecule has 0 spiro atoms. The zero-order valence-electron chi connectivity index (χ0n) is 8.43. The quantitative estimate of drug-likeness (QED) is 0.737. The Labute approximate surface area is 98.0 Å². The van der Waals surface area contributed by atoms with E-state index in [0.29, 0.717) is 28.5 Å². The zero-order valence-corrected chi connectivity index (χ0v) is 10.00. The molecule has 4 heteroatoms. The largest absolute Gasteiger partial charge is 0.300 e. The molecule has 0 unspecified atom stereocenters. The van der Waals surface area contributed by atoms with Crippen LogP contribution in [0.1, 0.15) is 18.9 Å². The molecule has 82 valence electrons. The molecule has 0 N–H and O–H groups in total. The lowest BCUT2D eigenvalue weighted by atomic mass is 10.2. The van der Waals surface area contributed by atoms with Crippen LogP contribution in [0.4, 0.5) is 4.39 Å². The fourth-order valence-electron chi connectivity index (χ4n) is 1.06. The molecule has 0 aliphatic heterocycles. The van der Waals surface area contributed by atoms with Crippen molar-refractivity contribution in [2.24, 2.45) is 0 Å². The summed E-state index contributed by atoms with van der Waals surface area (Å²) in [6.07, 6.45) is 0.525. The Morgan fingerprint density at radius 1 is 1.53 bits per heavy atom. The highest BCUT2D eigenvalue weighted by atomic mass is 35.5. The molecule has 0 amide bonds. The van der Waals surface area contributed by atoms with Crippen LogP contribution in [-0.4, -0.2) is 11.5 Å². The highest BCUT2D eigenvalue weighted by Crippen LogP contribution is 2.24. The average molecular weight is 247 g/mol. The maximum absolute atomic E-state index is 13.3. The minimum absolute atomic E-state index is 0.155. The smallest absolute Gasteiger partial charge is 0.130 e. The number of carbonyl (C=O) groups excluding carboxylic acids is 1. The van der Waals surface area contributed by atoms with E-state index in [1.165, 1.54) is 17.8 Å². The monoisotopic (exact) mass is 246 g/mol. The van der Waals surface area contributed by atoms with Crippen molar-refractivity contribution in [3.8, 4) is 0 Å². The fourth-order valence-corrected chi connectivity index (χ4v) is 2.44. The number of carbonyl (C=O) groups is 1. The van der Waals surface area contributed by atoms with Gasteiger partial charge in [0, 0.05) is 28.5 Å². The van der Waals surface area contributed by atoms with E-state index in [1.54, 1.807) is 19.1 Å². The first-order valence-corrected chi connectivity index (χ1v) is 6.14. The lowest BCUT2D eigenvalue weighted by Crippen LogP contribution is -1.94. The molecule has 15 heavy (non-hydrogen) atoms. The zero-order chi connectivity index (χ0) is 11.3. The third kappa shape index (κ3) is 4.22. The van der Waals surface area contributed by atoms with Gasteiger partial charge in [-0.3, -0.25) is 4.79 Å². The van der Waals surface area contributed by atoms with Crippen molar-refractivity contribution in [2.45, 2.75) is 19.1 Å². The lowest BCUT2D eigenvalue weighted by Gasteiger charge is -2.04. The van der Waals surface area contributed by atoms with Crippen LogP contribution < -0.4 is 0 Å². The maximum atomic E-state index is 13.3. The topological polar surface area (TPSA) is 17.1 Å². The van der Waals surface area contributed by atoms with Gasteiger partial charge in [-0.25, -0.2) is 4.39 Å². The molecule has 1 aromatic carbocycles. The van der Waals surface area contributed by atoms with E-state index in [1.807, 2.05) is 0 Å². The Kier molecular flexibility index (Phi) is 5.12. The summed E-state index contributed by atoms with van der Waals surface area (Å²) in [5, 5.41) is 0.449. The van der Waals surface area contributed by atoms with Gasteiger partial charge in [0.1, 0.15) is 11.6 Å². The molecule has 0 saturated carbocycles. The Hall–Kier alpha value is -0.540. The van der Waals surface area contributed by atoms with Crippen molar-refractivity contribution in [3.05, 3.63) is 34.6 Å². The number of hydrogen-bond acceptors (Lipinski definition) is 2. The van der Waals surface area contributed by atoms with Crippen LogP contribution in [0.15, 0.2) is 18.2 Å². The van der Waals surface area contributed by atoms with Crippen LogP contribution in [-0.2, 0) is 10.5 Å². The van der Waals surface area contributed by atoms with Gasteiger partial charge in [-0.1, -0.05) is 17.7 Å². The van der Waals surface area contributed by atoms with Gasteiger partial charge in [0.15, 0.2) is 0 Å². The summed E-state index contributed by atoms with van der Waals surface area (Å²) in [6.45, 7) is 1.55. The SMILES string of the molecule is CC(=O)CCSCc1c(F)cccc1Cl. The molecule has 0 aromatic heterocycles. The van der Waals surface area contributed by atoms with Crippen LogP contribution in [0.3, 0.4) is 0 Å². The summed E-state index contributed by atoms with van der Waals surface area (Å²) in [6, 6.07) is 4.65. The van der Waals surface area contributed by atoms with E-state index in [-0.39, 0.29) is 11.6 Å². The van der Waals surface area contributed by atoms with Crippen molar-refractivity contribution in [1.29, 1.82) is 0 Å². The predicted molar refractivity (Wildman–Crippen MR) is 62.9 cm³/mol. The van der Waals surface area contributed by atoms with Gasteiger partial charge >= 0.3 is 0 Å². The summed E-state index contributed by atoms with van der Waals surface area (Å²) in [7, 11) is 0. The van der Waals surface area contributed by atoms with Crippen molar-refractivity contribution < 1.29 is 9.18 Å². The van der Waals surface area contributed by atoms with Crippen LogP contribution in [0.5, 0.6) is 0 Å². The highest BCUT2D eigenvalue weighted by molar-refractivity contribution is 7.98. The van der Waals surface area contributed by atoms with Crippen molar-refractivity contribution in [2.75, 3.05) is 5.75 Å². The van der Waals surface area contributed by atoms with E-state index in [4.69, 9.17) is 11.6 Å². The normalized spacial score (nSPS) is 10.3. The molecule has 0 aliphatic rings. The molecule has 0 radical (unpaired) electrons. The van der Waals surface area contributed by atoms with Gasteiger partial charge in [0.25, 0.3) is 0 Å². The van der Waals surface area contributed by atoms with Crippen LogP contribution in [0.25, 0.3) is 0 Å². The minimum atomic E-state index is -0.280. The summed E-state index contributed by atoms with van der Waals surface area (Å²) < 4.78 is 13.3. The molecular weight excluding hydrogens is 235 g/mol. The summed E-state index contributed by atoms with van der Waals surface area (Å²) in [4.78, 5) is 10.7. The highest BCUT2D eigenvalue weighted by Gasteiger charge is 2.06. The van der Waals surface area contributed by atoms with Crippen molar-refractivity contribution in [3.63, 3.8) is 0 Å². The van der Waals surface area contributed by atoms with E-state index in [2.05, 4.69) is 0 Å². The molecule has 0 saturated heterocycles. The Morgan fingerprint density at radius 3 is 2.87 bits per heavy atom. The summed E-state index contributed by atoms with van der Waals surface area (Å²) >= 11 is 7.37. The first-order valence-electron chi connectivity index (χ1n) is 4.61. The Balaban J connectivity index is 2.47. The fraction of sp³-hybridized carbons (Fsp3) is 0.364. The Bertz CT molecular complexity index is 334. The van der Waals surface area contributed by atoms with Gasteiger partial charge in [-0.2, -0.15) is 11.8 Å². The van der Waals surface area contributed by atoms with Gasteiger partial charge in [-0.15, -0.1) is 0 Å². The molecule has 0 bridgehead atoms. The third-order valence-corrected chi connectivity index (χ3v) is 3.25. The lowest BCUT2D eigenvalue weighted by molar-refractivity contribution is -0.116. The maximum Gasteiger partial charge on any atom is 0.130 e. The van der Waals surface area contributed by atoms with E-state index in [0.717, 1.165) is 0 Å². The van der Waals surface area contributed by atoms with E-state index < -0.39 is 0 Å². The average Bonchev–Trinajstić information content (AvgIpc) is 2.15. The number of hydrogen-bond donors (Lipinski definition) is 0. The minimum Gasteiger partial charge on any atom is -0.300 e. The van der Waals surface area contributed by atoms with E-state index in [9.17, 15) is 9.18 Å². The Morgan fingerprint density at radius 2 is 2.27 bits per heavy atom. The summed E-state index contributed by atoms with van der Waals surface area (Å²) in [5.74, 6) is 1.10. The molecule has 0 atom stereocenters. The molecule has 0 aliphatic carbocycles. The van der Waals surface area contributed by atoms with Crippen LogP contribution in [0, 0.1) is 5.82 Å². The van der Waals surface area contributed by atoms with Crippen LogP contribution >= 0.6 is 23.4 Å². The van der Waals surface area contributed by atoms with Crippen LogP contribution in [0.2, 0.25) is 5.02 Å². The molecular formula is C11H12ClFOS. The second-order valence-electron chi connectivity index (χ2n) is 3.20. The molecule has 0 heterocycles. The number of rotatable bonds is 5. The number of thioether (sulfide) groups is 1. The third-order valence-electron chi connectivity index (χ3n) is 1.91. The van der Waals surface area contributed by atoms with Gasteiger partial charge in [0.2, 0.25) is 0 Å². The standard InChI is InChI=1S/C11H12ClFOS/c1-8(14)5-6-15-7-9-10(12)3-2-4-11(9)13/h2-4H,5-7H2,1H3. The van der Waals surface area contributed by atoms with Gasteiger partial charge in [-0.05, 0) is 19.1 Å². The molecule has 0 fully saturated rings.